The molecule has 2 aromatic heterocycles. The number of ether oxygens (including phenoxy) is 1. The number of amides is 1. The van der Waals surface area contributed by atoms with E-state index in [1.807, 2.05) is 0 Å². The van der Waals surface area contributed by atoms with Gasteiger partial charge in [-0.05, 0) is 24.1 Å². The Labute approximate surface area is 202 Å². The molecule has 1 amide bonds. The van der Waals surface area contributed by atoms with Gasteiger partial charge in [0.15, 0.2) is 5.69 Å². The van der Waals surface area contributed by atoms with Crippen LogP contribution in [0.5, 0.6) is 0 Å². The van der Waals surface area contributed by atoms with Gasteiger partial charge in [0.05, 0.1) is 24.5 Å². The first-order valence-corrected chi connectivity index (χ1v) is 10.8. The van der Waals surface area contributed by atoms with Crippen molar-refractivity contribution < 1.29 is 22.7 Å². The van der Waals surface area contributed by atoms with Gasteiger partial charge in [0.25, 0.3) is 11.5 Å². The van der Waals surface area contributed by atoms with Crippen molar-refractivity contribution in [3.63, 3.8) is 0 Å². The van der Waals surface area contributed by atoms with E-state index in [4.69, 9.17) is 16.3 Å². The van der Waals surface area contributed by atoms with Gasteiger partial charge in [0.1, 0.15) is 11.1 Å². The quantitative estimate of drug-likeness (QED) is 0.395. The van der Waals surface area contributed by atoms with Crippen LogP contribution in [0.3, 0.4) is 0 Å². The third-order valence-electron chi connectivity index (χ3n) is 5.45. The molecule has 0 bridgehead atoms. The van der Waals surface area contributed by atoms with Crippen molar-refractivity contribution in [2.75, 3.05) is 13.7 Å². The number of carbonyl (C=O) groups excluding carboxylic acids is 1. The van der Waals surface area contributed by atoms with E-state index < -0.39 is 40.5 Å². The van der Waals surface area contributed by atoms with Gasteiger partial charge < -0.3 is 15.0 Å². The SMILES string of the molecule is COC[C@@H](NC(=O)c1nn2cc(-c3ccc(C)c(Cl)c3)[nH]c(=O)c2c1C(F)(F)F)c1ccccc1. The summed E-state index contributed by atoms with van der Waals surface area (Å²) in [7, 11) is 1.41. The van der Waals surface area contributed by atoms with Gasteiger partial charge in [-0.3, -0.25) is 9.59 Å². The molecule has 7 nitrogen and oxygen atoms in total. The Balaban J connectivity index is 1.82. The summed E-state index contributed by atoms with van der Waals surface area (Å²) < 4.78 is 48.1. The molecule has 182 valence electrons. The van der Waals surface area contributed by atoms with Crippen molar-refractivity contribution in [2.45, 2.75) is 19.1 Å². The molecular formula is C24H20ClF3N4O3. The van der Waals surface area contributed by atoms with Crippen LogP contribution in [-0.4, -0.2) is 34.2 Å². The average Bonchev–Trinajstić information content (AvgIpc) is 3.22. The van der Waals surface area contributed by atoms with E-state index in [9.17, 15) is 22.8 Å². The van der Waals surface area contributed by atoms with E-state index in [0.717, 1.165) is 10.1 Å². The molecule has 11 heteroatoms. The molecule has 0 radical (unpaired) electrons. The predicted molar refractivity (Wildman–Crippen MR) is 125 cm³/mol. The number of aryl methyl sites for hydroxylation is 1. The number of alkyl halides is 3. The molecule has 0 spiro atoms. The van der Waals surface area contributed by atoms with Gasteiger partial charge >= 0.3 is 6.18 Å². The highest BCUT2D eigenvalue weighted by atomic mass is 35.5. The Morgan fingerprint density at radius 2 is 1.94 bits per heavy atom. The number of aromatic amines is 1. The van der Waals surface area contributed by atoms with Crippen LogP contribution in [0.2, 0.25) is 5.02 Å². The summed E-state index contributed by atoms with van der Waals surface area (Å²) in [5.74, 6) is -1.09. The van der Waals surface area contributed by atoms with Gasteiger partial charge in [0, 0.05) is 17.7 Å². The van der Waals surface area contributed by atoms with Crippen LogP contribution in [0.15, 0.2) is 59.5 Å². The smallest absolute Gasteiger partial charge is 0.382 e. The Hall–Kier alpha value is -3.63. The first-order chi connectivity index (χ1) is 16.6. The second-order valence-electron chi connectivity index (χ2n) is 7.87. The fraction of sp³-hybridized carbons (Fsp3) is 0.208. The lowest BCUT2D eigenvalue weighted by atomic mass is 10.1. The summed E-state index contributed by atoms with van der Waals surface area (Å²) in [6.07, 6.45) is -3.80. The normalized spacial score (nSPS) is 12.6. The van der Waals surface area contributed by atoms with Crippen LogP contribution >= 0.6 is 11.6 Å². The number of aromatic nitrogens is 3. The van der Waals surface area contributed by atoms with Crippen molar-refractivity contribution in [1.29, 1.82) is 0 Å². The predicted octanol–water partition coefficient (Wildman–Crippen LogP) is 4.79. The van der Waals surface area contributed by atoms with Gasteiger partial charge in [-0.1, -0.05) is 54.1 Å². The summed E-state index contributed by atoms with van der Waals surface area (Å²) in [6.45, 7) is 1.81. The van der Waals surface area contributed by atoms with Crippen LogP contribution in [0, 0.1) is 6.92 Å². The molecule has 0 aliphatic rings. The zero-order valence-electron chi connectivity index (χ0n) is 18.6. The van der Waals surface area contributed by atoms with Crippen molar-refractivity contribution in [2.24, 2.45) is 0 Å². The summed E-state index contributed by atoms with van der Waals surface area (Å²) in [4.78, 5) is 28.2. The van der Waals surface area contributed by atoms with Gasteiger partial charge in [0.2, 0.25) is 0 Å². The summed E-state index contributed by atoms with van der Waals surface area (Å²) in [5.41, 5.74) is -2.08. The second kappa shape index (κ2) is 9.55. The van der Waals surface area contributed by atoms with Crippen molar-refractivity contribution in [1.82, 2.24) is 19.9 Å². The van der Waals surface area contributed by atoms with E-state index >= 15 is 0 Å². The maximum atomic E-state index is 14.1. The molecule has 2 N–H and O–H groups in total. The molecule has 0 aliphatic carbocycles. The Morgan fingerprint density at radius 3 is 2.57 bits per heavy atom. The fourth-order valence-corrected chi connectivity index (χ4v) is 3.90. The molecule has 0 unspecified atom stereocenters. The van der Waals surface area contributed by atoms with Crippen LogP contribution in [0.25, 0.3) is 16.8 Å². The van der Waals surface area contributed by atoms with E-state index in [-0.39, 0.29) is 12.3 Å². The lowest BCUT2D eigenvalue weighted by Crippen LogP contribution is -2.33. The van der Waals surface area contributed by atoms with Crippen molar-refractivity contribution >= 4 is 23.0 Å². The van der Waals surface area contributed by atoms with Crippen LogP contribution < -0.4 is 10.9 Å². The monoisotopic (exact) mass is 504 g/mol. The molecule has 0 aliphatic heterocycles. The minimum Gasteiger partial charge on any atom is -0.382 e. The number of hydrogen-bond donors (Lipinski definition) is 2. The maximum Gasteiger partial charge on any atom is 0.421 e. The zero-order valence-corrected chi connectivity index (χ0v) is 19.4. The topological polar surface area (TPSA) is 88.5 Å². The first-order valence-electron chi connectivity index (χ1n) is 10.4. The first kappa shape index (κ1) is 24.5. The summed E-state index contributed by atoms with van der Waals surface area (Å²) >= 11 is 6.15. The number of carbonyl (C=O) groups is 1. The minimum atomic E-state index is -5.01. The number of rotatable bonds is 6. The highest BCUT2D eigenvalue weighted by molar-refractivity contribution is 6.31. The summed E-state index contributed by atoms with van der Waals surface area (Å²) in [5, 5.41) is 6.82. The van der Waals surface area contributed by atoms with Crippen LogP contribution in [0.4, 0.5) is 13.2 Å². The number of methoxy groups -OCH3 is 1. The molecule has 0 saturated heterocycles. The van der Waals surface area contributed by atoms with E-state index in [1.165, 1.54) is 13.3 Å². The number of benzene rings is 2. The minimum absolute atomic E-state index is 0.0173. The molecule has 2 heterocycles. The maximum absolute atomic E-state index is 14.1. The molecule has 2 aromatic carbocycles. The van der Waals surface area contributed by atoms with Crippen LogP contribution in [0.1, 0.15) is 33.2 Å². The molecule has 35 heavy (non-hydrogen) atoms. The number of halogens is 4. The van der Waals surface area contributed by atoms with Gasteiger partial charge in [-0.2, -0.15) is 18.3 Å². The van der Waals surface area contributed by atoms with Gasteiger partial charge in [-0.15, -0.1) is 0 Å². The highest BCUT2D eigenvalue weighted by Gasteiger charge is 2.42. The molecule has 4 aromatic rings. The van der Waals surface area contributed by atoms with Gasteiger partial charge in [-0.25, -0.2) is 4.52 Å². The molecular weight excluding hydrogens is 485 g/mol. The number of nitrogens with one attached hydrogen (secondary N) is 2. The molecule has 4 rings (SSSR count). The lowest BCUT2D eigenvalue weighted by molar-refractivity contribution is -0.136. The van der Waals surface area contributed by atoms with E-state index in [2.05, 4.69) is 15.4 Å². The highest BCUT2D eigenvalue weighted by Crippen LogP contribution is 2.35. The van der Waals surface area contributed by atoms with Crippen molar-refractivity contribution in [3.05, 3.63) is 92.5 Å². The largest absolute Gasteiger partial charge is 0.421 e. The Morgan fingerprint density at radius 1 is 1.23 bits per heavy atom. The van der Waals surface area contributed by atoms with Crippen LogP contribution in [-0.2, 0) is 10.9 Å². The molecule has 0 saturated carbocycles. The second-order valence-corrected chi connectivity index (χ2v) is 8.27. The molecule has 1 atom stereocenters. The number of fused-ring (bicyclic) bond motifs is 1. The third kappa shape index (κ3) is 4.94. The fourth-order valence-electron chi connectivity index (χ4n) is 3.72. The standard InChI is InChI=1S/C24H20ClF3N4O3/c1-13-8-9-15(10-16(13)25)17-11-32-21(23(34)29-17)19(24(26,27)28)20(31-32)22(33)30-18(12-35-2)14-6-4-3-5-7-14/h3-11,18H,12H2,1-2H3,(H,29,34)(H,30,33)/t18-/m1/s1. The third-order valence-corrected chi connectivity index (χ3v) is 5.85. The lowest BCUT2D eigenvalue weighted by Gasteiger charge is -2.18. The summed E-state index contributed by atoms with van der Waals surface area (Å²) in [6, 6.07) is 12.9. The Kier molecular flexibility index (Phi) is 6.68. The average molecular weight is 505 g/mol. The number of H-pyrrole nitrogens is 1. The zero-order chi connectivity index (χ0) is 25.3. The number of nitrogens with zero attached hydrogens (tertiary/aromatic N) is 2. The molecule has 0 fully saturated rings. The van der Waals surface area contributed by atoms with E-state index in [1.54, 1.807) is 55.5 Å². The number of hydrogen-bond acceptors (Lipinski definition) is 4. The Bertz CT molecular complexity index is 1450. The van der Waals surface area contributed by atoms with Crippen molar-refractivity contribution in [3.8, 4) is 11.3 Å². The van der Waals surface area contributed by atoms with E-state index in [0.29, 0.717) is 16.1 Å².